The Morgan fingerprint density at radius 2 is 2.15 bits per heavy atom. The summed E-state index contributed by atoms with van der Waals surface area (Å²) in [4.78, 5) is 13.4. The molecule has 0 bridgehead atoms. The average Bonchev–Trinajstić information content (AvgIpc) is 2.17. The molecule has 0 radical (unpaired) electrons. The van der Waals surface area contributed by atoms with Gasteiger partial charge in [0.05, 0.1) is 13.0 Å². The third kappa shape index (κ3) is 2.67. The fourth-order valence-electron chi connectivity index (χ4n) is 1.66. The normalized spacial score (nSPS) is 28.9. The van der Waals surface area contributed by atoms with Crippen LogP contribution in [0, 0.1) is 5.92 Å². The molecular formula is C9H18N2O2. The first-order chi connectivity index (χ1) is 6.15. The highest BCUT2D eigenvalue weighted by Gasteiger charge is 2.28. The molecule has 1 rings (SSSR count). The largest absolute Gasteiger partial charge is 0.469 e. The third-order valence-electron chi connectivity index (χ3n) is 2.59. The van der Waals surface area contributed by atoms with Gasteiger partial charge >= 0.3 is 5.97 Å². The van der Waals surface area contributed by atoms with E-state index in [0.717, 1.165) is 19.5 Å². The molecule has 2 atom stereocenters. The van der Waals surface area contributed by atoms with Crippen molar-refractivity contribution in [3.8, 4) is 0 Å². The van der Waals surface area contributed by atoms with Crippen LogP contribution in [0.2, 0.25) is 0 Å². The van der Waals surface area contributed by atoms with Gasteiger partial charge in [-0.25, -0.2) is 0 Å². The zero-order chi connectivity index (χ0) is 9.84. The van der Waals surface area contributed by atoms with Gasteiger partial charge < -0.3 is 15.0 Å². The molecule has 0 aromatic carbocycles. The van der Waals surface area contributed by atoms with Crippen LogP contribution in [0.1, 0.15) is 6.42 Å². The Balaban J connectivity index is 2.46. The Bertz CT molecular complexity index is 182. The number of rotatable bonds is 2. The lowest BCUT2D eigenvalue weighted by molar-refractivity contribution is -0.146. The number of piperidine rings is 1. The van der Waals surface area contributed by atoms with Crippen molar-refractivity contribution in [1.29, 1.82) is 0 Å². The second-order valence-corrected chi connectivity index (χ2v) is 3.73. The van der Waals surface area contributed by atoms with Crippen LogP contribution in [0.5, 0.6) is 0 Å². The average molecular weight is 186 g/mol. The monoisotopic (exact) mass is 186 g/mol. The fourth-order valence-corrected chi connectivity index (χ4v) is 1.66. The van der Waals surface area contributed by atoms with Crippen molar-refractivity contribution in [3.05, 3.63) is 0 Å². The Hall–Kier alpha value is -0.610. The lowest BCUT2D eigenvalue weighted by Gasteiger charge is -2.32. The standard InChI is InChI=1S/C9H18N2O2/c1-11(2)8-4-7(5-10-6-8)9(12)13-3/h7-8,10H,4-6H2,1-3H3/t7-,8+/m1/s1. The van der Waals surface area contributed by atoms with Crippen LogP contribution in [0.4, 0.5) is 0 Å². The van der Waals surface area contributed by atoms with Crippen molar-refractivity contribution in [2.24, 2.45) is 5.92 Å². The van der Waals surface area contributed by atoms with Crippen LogP contribution in [0.3, 0.4) is 0 Å². The molecule has 1 N–H and O–H groups in total. The van der Waals surface area contributed by atoms with Gasteiger partial charge in [0.1, 0.15) is 0 Å². The highest BCUT2D eigenvalue weighted by Crippen LogP contribution is 2.14. The topological polar surface area (TPSA) is 41.6 Å². The molecule has 76 valence electrons. The Morgan fingerprint density at radius 1 is 1.46 bits per heavy atom. The lowest BCUT2D eigenvalue weighted by Crippen LogP contribution is -2.48. The number of ether oxygens (including phenoxy) is 1. The Morgan fingerprint density at radius 3 is 2.69 bits per heavy atom. The summed E-state index contributed by atoms with van der Waals surface area (Å²) in [6.07, 6.45) is 0.896. The fraction of sp³-hybridized carbons (Fsp3) is 0.889. The molecule has 0 amide bonds. The summed E-state index contributed by atoms with van der Waals surface area (Å²) in [5, 5.41) is 3.24. The van der Waals surface area contributed by atoms with E-state index in [9.17, 15) is 4.79 Å². The predicted molar refractivity (Wildman–Crippen MR) is 50.5 cm³/mol. The number of carbonyl (C=O) groups is 1. The number of nitrogens with zero attached hydrogens (tertiary/aromatic N) is 1. The van der Waals surface area contributed by atoms with Crippen LogP contribution in [0.25, 0.3) is 0 Å². The number of hydrogen-bond acceptors (Lipinski definition) is 4. The quantitative estimate of drug-likeness (QED) is 0.601. The zero-order valence-electron chi connectivity index (χ0n) is 8.54. The number of likely N-dealkylation sites (N-methyl/N-ethyl adjacent to an activating group) is 1. The minimum Gasteiger partial charge on any atom is -0.469 e. The summed E-state index contributed by atoms with van der Waals surface area (Å²) in [5.74, 6) is -0.0785. The summed E-state index contributed by atoms with van der Waals surface area (Å²) in [6.45, 7) is 1.71. The smallest absolute Gasteiger partial charge is 0.310 e. The Kier molecular flexibility index (Phi) is 3.69. The van der Waals surface area contributed by atoms with Crippen molar-refractivity contribution in [1.82, 2.24) is 10.2 Å². The molecule has 0 aromatic heterocycles. The Labute approximate surface area is 79.2 Å². The number of methoxy groups -OCH3 is 1. The SMILES string of the molecule is COC(=O)[C@H]1CNC[C@@H](N(C)C)C1. The van der Waals surface area contributed by atoms with Gasteiger partial charge in [0.15, 0.2) is 0 Å². The van der Waals surface area contributed by atoms with Crippen LogP contribution in [0.15, 0.2) is 0 Å². The molecule has 1 aliphatic heterocycles. The summed E-state index contributed by atoms with van der Waals surface area (Å²) >= 11 is 0. The van der Waals surface area contributed by atoms with Crippen LogP contribution in [-0.4, -0.2) is 51.2 Å². The van der Waals surface area contributed by atoms with Gasteiger partial charge in [0.25, 0.3) is 0 Å². The van der Waals surface area contributed by atoms with Crippen molar-refractivity contribution < 1.29 is 9.53 Å². The van der Waals surface area contributed by atoms with Gasteiger partial charge in [0.2, 0.25) is 0 Å². The minimum atomic E-state index is -0.0981. The second kappa shape index (κ2) is 4.58. The minimum absolute atomic E-state index is 0.0196. The lowest BCUT2D eigenvalue weighted by atomic mass is 9.95. The molecule has 1 fully saturated rings. The summed E-state index contributed by atoms with van der Waals surface area (Å²) in [6, 6.07) is 0.442. The van der Waals surface area contributed by atoms with Gasteiger partial charge in [-0.2, -0.15) is 0 Å². The first-order valence-electron chi connectivity index (χ1n) is 4.60. The first-order valence-corrected chi connectivity index (χ1v) is 4.60. The highest BCUT2D eigenvalue weighted by molar-refractivity contribution is 5.72. The molecule has 1 saturated heterocycles. The van der Waals surface area contributed by atoms with Gasteiger partial charge in [-0.15, -0.1) is 0 Å². The zero-order valence-corrected chi connectivity index (χ0v) is 8.54. The maximum absolute atomic E-state index is 11.3. The van der Waals surface area contributed by atoms with E-state index in [1.807, 2.05) is 14.1 Å². The maximum atomic E-state index is 11.3. The number of carbonyl (C=O) groups excluding carboxylic acids is 1. The van der Waals surface area contributed by atoms with Crippen LogP contribution in [-0.2, 0) is 9.53 Å². The van der Waals surface area contributed by atoms with Crippen LogP contribution < -0.4 is 5.32 Å². The molecule has 4 heteroatoms. The summed E-state index contributed by atoms with van der Waals surface area (Å²) in [5.41, 5.74) is 0. The molecule has 0 spiro atoms. The van der Waals surface area contributed by atoms with Crippen LogP contribution >= 0.6 is 0 Å². The number of esters is 1. The molecule has 0 aromatic rings. The molecule has 13 heavy (non-hydrogen) atoms. The predicted octanol–water partition coefficient (Wildman–Crippen LogP) is -0.301. The van der Waals surface area contributed by atoms with E-state index in [2.05, 4.69) is 10.2 Å². The van der Waals surface area contributed by atoms with Gasteiger partial charge in [0, 0.05) is 19.1 Å². The molecule has 4 nitrogen and oxygen atoms in total. The molecular weight excluding hydrogens is 168 g/mol. The number of hydrogen-bond donors (Lipinski definition) is 1. The van der Waals surface area contributed by atoms with E-state index >= 15 is 0 Å². The summed E-state index contributed by atoms with van der Waals surface area (Å²) < 4.78 is 4.72. The highest BCUT2D eigenvalue weighted by atomic mass is 16.5. The van der Waals surface area contributed by atoms with E-state index in [4.69, 9.17) is 4.74 Å². The van der Waals surface area contributed by atoms with E-state index in [1.165, 1.54) is 7.11 Å². The van der Waals surface area contributed by atoms with E-state index in [-0.39, 0.29) is 11.9 Å². The molecule has 0 saturated carbocycles. The first kappa shape index (κ1) is 10.5. The van der Waals surface area contributed by atoms with Crippen molar-refractivity contribution in [3.63, 3.8) is 0 Å². The van der Waals surface area contributed by atoms with Gasteiger partial charge in [-0.3, -0.25) is 4.79 Å². The van der Waals surface area contributed by atoms with Crippen molar-refractivity contribution in [2.45, 2.75) is 12.5 Å². The van der Waals surface area contributed by atoms with E-state index in [1.54, 1.807) is 0 Å². The molecule has 1 heterocycles. The van der Waals surface area contributed by atoms with Gasteiger partial charge in [-0.05, 0) is 20.5 Å². The summed E-state index contributed by atoms with van der Waals surface area (Å²) in [7, 11) is 5.51. The van der Waals surface area contributed by atoms with Gasteiger partial charge in [-0.1, -0.05) is 0 Å². The molecule has 1 aliphatic rings. The number of nitrogens with one attached hydrogen (secondary N) is 1. The second-order valence-electron chi connectivity index (χ2n) is 3.73. The molecule has 0 unspecified atom stereocenters. The van der Waals surface area contributed by atoms with E-state index < -0.39 is 0 Å². The molecule has 0 aliphatic carbocycles. The van der Waals surface area contributed by atoms with Crippen molar-refractivity contribution in [2.75, 3.05) is 34.3 Å². The third-order valence-corrected chi connectivity index (χ3v) is 2.59. The van der Waals surface area contributed by atoms with E-state index in [0.29, 0.717) is 6.04 Å². The maximum Gasteiger partial charge on any atom is 0.310 e. The van der Waals surface area contributed by atoms with Crippen molar-refractivity contribution >= 4 is 5.97 Å².